The summed E-state index contributed by atoms with van der Waals surface area (Å²) < 4.78 is 17.8. The van der Waals surface area contributed by atoms with Gasteiger partial charge in [-0.1, -0.05) is 42.1 Å². The van der Waals surface area contributed by atoms with Crippen molar-refractivity contribution in [2.45, 2.75) is 19.0 Å². The molecule has 1 N–H and O–H groups in total. The van der Waals surface area contributed by atoms with Crippen LogP contribution in [-0.4, -0.2) is 52.3 Å². The number of carbonyl (C=O) groups is 2. The number of hydrazone groups is 1. The van der Waals surface area contributed by atoms with Gasteiger partial charge in [0.25, 0.3) is 5.91 Å². The maximum absolute atomic E-state index is 12.5. The van der Waals surface area contributed by atoms with Crippen LogP contribution < -0.4 is 19.6 Å². The lowest BCUT2D eigenvalue weighted by Crippen LogP contribution is -2.20. The average Bonchev–Trinajstić information content (AvgIpc) is 3.37. The first-order valence-corrected chi connectivity index (χ1v) is 13.0. The Morgan fingerprint density at radius 2 is 1.79 bits per heavy atom. The van der Waals surface area contributed by atoms with Gasteiger partial charge in [-0.15, -0.1) is 10.2 Å². The number of aromatic nitrogens is 3. The van der Waals surface area contributed by atoms with E-state index < -0.39 is 5.97 Å². The fourth-order valence-electron chi connectivity index (χ4n) is 3.57. The van der Waals surface area contributed by atoms with E-state index in [0.29, 0.717) is 34.7 Å². The van der Waals surface area contributed by atoms with E-state index in [0.717, 1.165) is 17.0 Å². The Hall–Kier alpha value is -4.64. The first-order chi connectivity index (χ1) is 19.0. The number of hydrogen-bond donors (Lipinski definition) is 1. The third-order valence-corrected chi connectivity index (χ3v) is 6.18. The Kier molecular flexibility index (Phi) is 9.30. The zero-order chi connectivity index (χ0) is 27.6. The molecule has 4 aromatic rings. The lowest BCUT2D eigenvalue weighted by molar-refractivity contribution is -0.132. The smallest absolute Gasteiger partial charge is 0.308 e. The second-order valence-corrected chi connectivity index (χ2v) is 8.96. The summed E-state index contributed by atoms with van der Waals surface area (Å²) >= 11 is 1.24. The van der Waals surface area contributed by atoms with Gasteiger partial charge in [0, 0.05) is 18.2 Å². The molecular weight excluding hydrogens is 518 g/mol. The topological polar surface area (TPSA) is 117 Å². The van der Waals surface area contributed by atoms with Crippen LogP contribution in [0, 0.1) is 0 Å². The summed E-state index contributed by atoms with van der Waals surface area (Å²) in [7, 11) is 1.47. The number of nitrogens with zero attached hydrogens (tertiary/aromatic N) is 4. The summed E-state index contributed by atoms with van der Waals surface area (Å²) in [5, 5.41) is 13.3. The van der Waals surface area contributed by atoms with Crippen LogP contribution in [0.15, 0.2) is 83.1 Å². The minimum absolute atomic E-state index is 0.0655. The number of esters is 1. The van der Waals surface area contributed by atoms with Crippen molar-refractivity contribution in [3.05, 3.63) is 78.4 Å². The molecule has 1 amide bonds. The molecule has 1 aromatic heterocycles. The van der Waals surface area contributed by atoms with E-state index in [1.165, 1.54) is 32.0 Å². The molecule has 0 atom stereocenters. The van der Waals surface area contributed by atoms with E-state index in [4.69, 9.17) is 14.2 Å². The molecule has 4 rings (SSSR count). The Bertz CT molecular complexity index is 1460. The number of hydrogen-bond acceptors (Lipinski definition) is 9. The van der Waals surface area contributed by atoms with Crippen molar-refractivity contribution in [3.63, 3.8) is 0 Å². The predicted octanol–water partition coefficient (Wildman–Crippen LogP) is 4.51. The molecule has 0 radical (unpaired) electrons. The summed E-state index contributed by atoms with van der Waals surface area (Å²) in [6.07, 6.45) is 1.47. The van der Waals surface area contributed by atoms with Gasteiger partial charge in [-0.25, -0.2) is 5.43 Å². The van der Waals surface area contributed by atoms with Crippen LogP contribution in [0.3, 0.4) is 0 Å². The zero-order valence-corrected chi connectivity index (χ0v) is 22.5. The number of carbonyl (C=O) groups excluding carboxylic acids is 2. The number of rotatable bonds is 11. The van der Waals surface area contributed by atoms with Gasteiger partial charge in [-0.3, -0.25) is 14.2 Å². The Balaban J connectivity index is 1.46. The lowest BCUT2D eigenvalue weighted by atomic mass is 10.2. The maximum atomic E-state index is 12.5. The molecule has 0 aliphatic heterocycles. The van der Waals surface area contributed by atoms with Crippen LogP contribution in [0.4, 0.5) is 0 Å². The molecule has 200 valence electrons. The van der Waals surface area contributed by atoms with E-state index in [9.17, 15) is 9.59 Å². The van der Waals surface area contributed by atoms with Gasteiger partial charge in [0.15, 0.2) is 22.5 Å². The molecule has 0 spiro atoms. The van der Waals surface area contributed by atoms with Crippen molar-refractivity contribution in [3.8, 4) is 34.3 Å². The van der Waals surface area contributed by atoms with Gasteiger partial charge >= 0.3 is 5.97 Å². The summed E-state index contributed by atoms with van der Waals surface area (Å²) in [6.45, 7) is 3.82. The first kappa shape index (κ1) is 27.4. The van der Waals surface area contributed by atoms with Gasteiger partial charge in [0.1, 0.15) is 5.75 Å². The molecule has 0 aliphatic rings. The number of thioether (sulfide) groups is 1. The standard InChI is InChI=1S/C28H27N5O5S/c1-4-37-23-13-11-22(12-14-23)33-27(21-8-6-5-7-9-21)31-32-28(33)39-18-26(35)30-29-17-20-10-15-24(38-19(2)34)25(16-20)36-3/h5-17H,4,18H2,1-3H3,(H,30,35)/b29-17+. The number of amides is 1. The van der Waals surface area contributed by atoms with Gasteiger partial charge < -0.3 is 14.2 Å². The van der Waals surface area contributed by atoms with Gasteiger partial charge in [0.2, 0.25) is 0 Å². The summed E-state index contributed by atoms with van der Waals surface area (Å²) in [5.41, 5.74) is 4.91. The molecule has 0 fully saturated rings. The second kappa shape index (κ2) is 13.2. The van der Waals surface area contributed by atoms with Gasteiger partial charge in [0.05, 0.1) is 25.7 Å². The SMILES string of the molecule is CCOc1ccc(-n2c(SCC(=O)N/N=C/c3ccc(OC(C)=O)c(OC)c3)nnc2-c2ccccc2)cc1. The highest BCUT2D eigenvalue weighted by Gasteiger charge is 2.17. The van der Waals surface area contributed by atoms with Crippen molar-refractivity contribution in [2.24, 2.45) is 5.10 Å². The van der Waals surface area contributed by atoms with E-state index in [1.807, 2.05) is 66.1 Å². The summed E-state index contributed by atoms with van der Waals surface area (Å²) in [5.74, 6) is 1.40. The number of benzene rings is 3. The molecule has 1 heterocycles. The molecule has 3 aromatic carbocycles. The van der Waals surface area contributed by atoms with Crippen LogP contribution in [0.5, 0.6) is 17.2 Å². The fourth-order valence-corrected chi connectivity index (χ4v) is 4.32. The second-order valence-electron chi connectivity index (χ2n) is 8.02. The van der Waals surface area contributed by atoms with Crippen LogP contribution in [0.25, 0.3) is 17.1 Å². The molecule has 10 nitrogen and oxygen atoms in total. The normalized spacial score (nSPS) is 10.8. The quantitative estimate of drug-likeness (QED) is 0.0962. The van der Waals surface area contributed by atoms with E-state index >= 15 is 0 Å². The van der Waals surface area contributed by atoms with Crippen LogP contribution >= 0.6 is 11.8 Å². The van der Waals surface area contributed by atoms with Crippen LogP contribution in [0.2, 0.25) is 0 Å². The Labute approximate surface area is 230 Å². The minimum atomic E-state index is -0.450. The van der Waals surface area contributed by atoms with E-state index in [1.54, 1.807) is 18.2 Å². The number of nitrogens with one attached hydrogen (secondary N) is 1. The minimum Gasteiger partial charge on any atom is -0.494 e. The largest absolute Gasteiger partial charge is 0.494 e. The highest BCUT2D eigenvalue weighted by Crippen LogP contribution is 2.29. The van der Waals surface area contributed by atoms with Gasteiger partial charge in [-0.05, 0) is 55.0 Å². The Morgan fingerprint density at radius 3 is 2.49 bits per heavy atom. The molecule has 0 saturated heterocycles. The highest BCUT2D eigenvalue weighted by atomic mass is 32.2. The van der Waals surface area contributed by atoms with Crippen molar-refractivity contribution < 1.29 is 23.8 Å². The van der Waals surface area contributed by atoms with Gasteiger partial charge in [-0.2, -0.15) is 5.10 Å². The number of ether oxygens (including phenoxy) is 3. The predicted molar refractivity (Wildman–Crippen MR) is 149 cm³/mol. The highest BCUT2D eigenvalue weighted by molar-refractivity contribution is 7.99. The molecule has 0 aliphatic carbocycles. The van der Waals surface area contributed by atoms with Crippen molar-refractivity contribution in [1.82, 2.24) is 20.2 Å². The van der Waals surface area contributed by atoms with E-state index in [-0.39, 0.29) is 11.7 Å². The molecule has 0 bridgehead atoms. The van der Waals surface area contributed by atoms with Crippen molar-refractivity contribution in [1.29, 1.82) is 0 Å². The summed E-state index contributed by atoms with van der Waals surface area (Å²) in [4.78, 5) is 23.8. The fraction of sp³-hybridized carbons (Fsp3) is 0.179. The zero-order valence-electron chi connectivity index (χ0n) is 21.7. The third kappa shape index (κ3) is 7.23. The molecule has 0 saturated carbocycles. The molecule has 11 heteroatoms. The van der Waals surface area contributed by atoms with Crippen molar-refractivity contribution >= 4 is 29.9 Å². The third-order valence-electron chi connectivity index (χ3n) is 5.25. The first-order valence-electron chi connectivity index (χ1n) is 12.0. The summed E-state index contributed by atoms with van der Waals surface area (Å²) in [6, 6.07) is 22.3. The molecular formula is C28H27N5O5S. The molecule has 39 heavy (non-hydrogen) atoms. The molecule has 0 unspecified atom stereocenters. The Morgan fingerprint density at radius 1 is 1.03 bits per heavy atom. The van der Waals surface area contributed by atoms with Crippen molar-refractivity contribution in [2.75, 3.05) is 19.5 Å². The van der Waals surface area contributed by atoms with Crippen LogP contribution in [0.1, 0.15) is 19.4 Å². The number of methoxy groups -OCH3 is 1. The maximum Gasteiger partial charge on any atom is 0.308 e. The van der Waals surface area contributed by atoms with Crippen LogP contribution in [-0.2, 0) is 9.59 Å². The van der Waals surface area contributed by atoms with E-state index in [2.05, 4.69) is 20.7 Å². The lowest BCUT2D eigenvalue weighted by Gasteiger charge is -2.11. The monoisotopic (exact) mass is 545 g/mol. The average molecular weight is 546 g/mol.